The Morgan fingerprint density at radius 2 is 1.69 bits per heavy atom. The van der Waals surface area contributed by atoms with Crippen LogP contribution in [0.1, 0.15) is 46.1 Å². The summed E-state index contributed by atoms with van der Waals surface area (Å²) in [6.45, 7) is 5.08. The summed E-state index contributed by atoms with van der Waals surface area (Å²) < 4.78 is 29.2. The number of pyridine rings is 1. The van der Waals surface area contributed by atoms with Gasteiger partial charge in [0.2, 0.25) is 10.0 Å². The van der Waals surface area contributed by atoms with Crippen molar-refractivity contribution >= 4 is 27.0 Å². The molecule has 3 heterocycles. The van der Waals surface area contributed by atoms with Crippen LogP contribution in [-0.4, -0.2) is 64.5 Å². The minimum absolute atomic E-state index is 0.0808. The van der Waals surface area contributed by atoms with E-state index in [0.29, 0.717) is 29.5 Å². The van der Waals surface area contributed by atoms with E-state index in [1.54, 1.807) is 33.8 Å². The van der Waals surface area contributed by atoms with Crippen LogP contribution in [0.4, 0.5) is 0 Å². The highest BCUT2D eigenvalue weighted by atomic mass is 32.2. The second-order valence-electron chi connectivity index (χ2n) is 8.79. The van der Waals surface area contributed by atoms with Gasteiger partial charge in [0.1, 0.15) is 0 Å². The molecule has 1 aromatic carbocycles. The zero-order chi connectivity index (χ0) is 22.6. The van der Waals surface area contributed by atoms with Gasteiger partial charge >= 0.3 is 0 Å². The Bertz CT molecular complexity index is 1300. The van der Waals surface area contributed by atoms with Crippen LogP contribution in [0, 0.1) is 13.8 Å². The molecule has 2 fully saturated rings. The Morgan fingerprint density at radius 1 is 1.03 bits per heavy atom. The van der Waals surface area contributed by atoms with Gasteiger partial charge in [-0.2, -0.15) is 9.40 Å². The van der Waals surface area contributed by atoms with Crippen LogP contribution in [0.25, 0.3) is 11.0 Å². The number of nitrogens with zero attached hydrogens (tertiary/aromatic N) is 5. The number of amides is 1. The smallest absolute Gasteiger partial charge is 0.254 e. The molecule has 0 unspecified atom stereocenters. The Morgan fingerprint density at radius 3 is 2.31 bits per heavy atom. The van der Waals surface area contributed by atoms with Gasteiger partial charge in [-0.05, 0) is 44.9 Å². The van der Waals surface area contributed by atoms with Crippen molar-refractivity contribution in [2.24, 2.45) is 7.05 Å². The maximum atomic E-state index is 13.5. The molecule has 1 aliphatic carbocycles. The molecular weight excluding hydrogens is 426 g/mol. The largest absolute Gasteiger partial charge is 0.336 e. The van der Waals surface area contributed by atoms with Crippen molar-refractivity contribution in [3.8, 4) is 0 Å². The van der Waals surface area contributed by atoms with Crippen LogP contribution < -0.4 is 0 Å². The number of sulfonamides is 1. The first kappa shape index (κ1) is 21.1. The molecule has 2 aromatic heterocycles. The number of benzene rings is 1. The fraction of sp³-hybridized carbons (Fsp3) is 0.435. The van der Waals surface area contributed by atoms with Gasteiger partial charge in [-0.15, -0.1) is 0 Å². The molecule has 0 N–H and O–H groups in total. The van der Waals surface area contributed by atoms with E-state index in [1.165, 1.54) is 4.31 Å². The summed E-state index contributed by atoms with van der Waals surface area (Å²) >= 11 is 0. The van der Waals surface area contributed by atoms with E-state index < -0.39 is 10.0 Å². The van der Waals surface area contributed by atoms with Gasteiger partial charge in [0.05, 0.1) is 21.5 Å². The van der Waals surface area contributed by atoms with Crippen molar-refractivity contribution in [1.82, 2.24) is 24.0 Å². The van der Waals surface area contributed by atoms with Gasteiger partial charge in [-0.3, -0.25) is 9.48 Å². The highest BCUT2D eigenvalue weighted by Crippen LogP contribution is 2.40. The molecule has 1 aliphatic heterocycles. The molecule has 0 radical (unpaired) electrons. The molecular formula is C23H27N5O3S. The first-order chi connectivity index (χ1) is 15.3. The van der Waals surface area contributed by atoms with Crippen molar-refractivity contribution in [1.29, 1.82) is 0 Å². The number of hydrogen-bond acceptors (Lipinski definition) is 5. The van der Waals surface area contributed by atoms with E-state index in [1.807, 2.05) is 27.0 Å². The van der Waals surface area contributed by atoms with Gasteiger partial charge in [0, 0.05) is 44.8 Å². The second-order valence-corrected chi connectivity index (χ2v) is 10.7. The lowest BCUT2D eigenvalue weighted by Crippen LogP contribution is -2.50. The van der Waals surface area contributed by atoms with Crippen molar-refractivity contribution in [3.05, 3.63) is 52.8 Å². The lowest BCUT2D eigenvalue weighted by molar-refractivity contribution is 0.0699. The minimum atomic E-state index is -3.57. The number of piperazine rings is 1. The topological polar surface area (TPSA) is 88.4 Å². The SMILES string of the molecule is Cc1ccc(S(=O)(=O)N2CCN(C(=O)c3cc(C4CC4)nc4c3c(C)nn4C)CC2)cc1. The number of hydrogen-bond donors (Lipinski definition) is 0. The average Bonchev–Trinajstić information content (AvgIpc) is 3.59. The normalized spacial score (nSPS) is 17.8. The van der Waals surface area contributed by atoms with Gasteiger partial charge < -0.3 is 4.90 Å². The van der Waals surface area contributed by atoms with Crippen LogP contribution in [0.3, 0.4) is 0 Å². The monoisotopic (exact) mass is 453 g/mol. The fourth-order valence-corrected chi connectivity index (χ4v) is 5.80. The minimum Gasteiger partial charge on any atom is -0.336 e. The van der Waals surface area contributed by atoms with Crippen molar-refractivity contribution in [3.63, 3.8) is 0 Å². The molecule has 2 aliphatic rings. The molecule has 9 heteroatoms. The fourth-order valence-electron chi connectivity index (χ4n) is 4.38. The molecule has 1 amide bonds. The zero-order valence-electron chi connectivity index (χ0n) is 18.6. The van der Waals surface area contributed by atoms with Crippen LogP contribution in [-0.2, 0) is 17.1 Å². The third-order valence-corrected chi connectivity index (χ3v) is 8.31. The van der Waals surface area contributed by atoms with Crippen LogP contribution in [0.5, 0.6) is 0 Å². The van der Waals surface area contributed by atoms with E-state index in [9.17, 15) is 13.2 Å². The summed E-state index contributed by atoms with van der Waals surface area (Å²) in [6.07, 6.45) is 2.19. The Kier molecular flexibility index (Phi) is 5.05. The quantitative estimate of drug-likeness (QED) is 0.606. The first-order valence-electron chi connectivity index (χ1n) is 11.0. The molecule has 0 spiro atoms. The highest BCUT2D eigenvalue weighted by molar-refractivity contribution is 7.89. The summed E-state index contributed by atoms with van der Waals surface area (Å²) in [5, 5.41) is 5.27. The van der Waals surface area contributed by atoms with E-state index in [2.05, 4.69) is 5.10 Å². The Labute approximate surface area is 187 Å². The van der Waals surface area contributed by atoms with Gasteiger partial charge in [0.15, 0.2) is 5.65 Å². The highest BCUT2D eigenvalue weighted by Gasteiger charge is 2.33. The van der Waals surface area contributed by atoms with Crippen molar-refractivity contribution < 1.29 is 13.2 Å². The van der Waals surface area contributed by atoms with E-state index in [0.717, 1.165) is 40.8 Å². The maximum Gasteiger partial charge on any atom is 0.254 e. The van der Waals surface area contributed by atoms with Crippen molar-refractivity contribution in [2.45, 2.75) is 37.5 Å². The van der Waals surface area contributed by atoms with Crippen LogP contribution >= 0.6 is 0 Å². The number of carbonyl (C=O) groups is 1. The lowest BCUT2D eigenvalue weighted by Gasteiger charge is -2.34. The van der Waals surface area contributed by atoms with Crippen LogP contribution in [0.2, 0.25) is 0 Å². The maximum absolute atomic E-state index is 13.5. The van der Waals surface area contributed by atoms with E-state index >= 15 is 0 Å². The molecule has 8 nitrogen and oxygen atoms in total. The summed E-state index contributed by atoms with van der Waals surface area (Å²) in [5.74, 6) is 0.334. The molecule has 32 heavy (non-hydrogen) atoms. The molecule has 1 saturated carbocycles. The van der Waals surface area contributed by atoms with Crippen LogP contribution in [0.15, 0.2) is 35.2 Å². The number of aryl methyl sites for hydroxylation is 3. The van der Waals surface area contributed by atoms with Crippen molar-refractivity contribution in [2.75, 3.05) is 26.2 Å². The molecule has 168 valence electrons. The second kappa shape index (κ2) is 7.67. The number of carbonyl (C=O) groups excluding carboxylic acids is 1. The average molecular weight is 454 g/mol. The summed E-state index contributed by atoms with van der Waals surface area (Å²) in [5.41, 5.74) is 4.10. The van der Waals surface area contributed by atoms with Gasteiger partial charge in [0.25, 0.3) is 5.91 Å². The van der Waals surface area contributed by atoms with Gasteiger partial charge in [-0.1, -0.05) is 17.7 Å². The molecule has 0 bridgehead atoms. The van der Waals surface area contributed by atoms with Gasteiger partial charge in [-0.25, -0.2) is 13.4 Å². The molecule has 5 rings (SSSR count). The number of aromatic nitrogens is 3. The lowest BCUT2D eigenvalue weighted by atomic mass is 10.1. The molecule has 0 atom stereocenters. The van der Waals surface area contributed by atoms with E-state index in [-0.39, 0.29) is 19.0 Å². The number of fused-ring (bicyclic) bond motifs is 1. The Hall–Kier alpha value is -2.78. The molecule has 1 saturated heterocycles. The third kappa shape index (κ3) is 3.59. The number of rotatable bonds is 4. The summed E-state index contributed by atoms with van der Waals surface area (Å²) in [6, 6.07) is 8.80. The van der Waals surface area contributed by atoms with E-state index in [4.69, 9.17) is 4.98 Å². The summed E-state index contributed by atoms with van der Waals surface area (Å²) in [7, 11) is -1.72. The Balaban J connectivity index is 1.39. The standard InChI is InChI=1S/C23H27N5O3S/c1-15-4-8-18(9-5-15)32(30,31)28-12-10-27(11-13-28)23(29)19-14-20(17-6-7-17)24-22-21(19)16(2)25-26(22)3/h4-5,8-9,14,17H,6-7,10-13H2,1-3H3. The third-order valence-electron chi connectivity index (χ3n) is 6.40. The first-order valence-corrected chi connectivity index (χ1v) is 12.4. The summed E-state index contributed by atoms with van der Waals surface area (Å²) in [4.78, 5) is 20.3. The predicted octanol–water partition coefficient (Wildman–Crippen LogP) is 2.61. The molecule has 3 aromatic rings. The zero-order valence-corrected chi connectivity index (χ0v) is 19.4. The predicted molar refractivity (Wildman–Crippen MR) is 121 cm³/mol.